The molecule has 8 rings (SSSR count). The van der Waals surface area contributed by atoms with E-state index in [2.05, 4.69) is 40.7 Å². The first-order valence-electron chi connectivity index (χ1n) is 17.3. The van der Waals surface area contributed by atoms with Gasteiger partial charge in [-0.3, -0.25) is 0 Å². The van der Waals surface area contributed by atoms with Crippen molar-refractivity contribution in [3.8, 4) is 0 Å². The largest absolute Gasteiger partial charge is 0.392 e. The Morgan fingerprint density at radius 3 is 2.40 bits per heavy atom. The lowest BCUT2D eigenvalue weighted by molar-refractivity contribution is -0.301. The van der Waals surface area contributed by atoms with Crippen molar-refractivity contribution in [3.05, 3.63) is 11.6 Å². The number of hydrogen-bond donors (Lipinski definition) is 6. The third-order valence-corrected chi connectivity index (χ3v) is 15.3. The second-order valence-corrected chi connectivity index (χ2v) is 17.9. The van der Waals surface area contributed by atoms with Crippen molar-refractivity contribution in [1.29, 1.82) is 0 Å². The Morgan fingerprint density at radius 1 is 1.00 bits per heavy atom. The molecule has 10 heteroatoms. The van der Waals surface area contributed by atoms with E-state index in [1.807, 2.05) is 0 Å². The van der Waals surface area contributed by atoms with E-state index in [0.717, 1.165) is 25.7 Å². The average molecular weight is 635 g/mol. The number of hydrogen-bond acceptors (Lipinski definition) is 10. The van der Waals surface area contributed by atoms with Gasteiger partial charge in [0.25, 0.3) is 0 Å². The molecule has 3 aliphatic heterocycles. The molecule has 6 N–H and O–H groups in total. The summed E-state index contributed by atoms with van der Waals surface area (Å²) < 4.78 is 25.5. The number of rotatable bonds is 3. The Bertz CT molecular complexity index is 1300. The van der Waals surface area contributed by atoms with Crippen LogP contribution in [-0.2, 0) is 18.9 Å². The number of allylic oxidation sites excluding steroid dienone is 1. The zero-order chi connectivity index (χ0) is 32.5. The molecule has 0 aromatic rings. The molecular formula is C35H54O10. The van der Waals surface area contributed by atoms with Crippen LogP contribution in [0.3, 0.4) is 0 Å². The summed E-state index contributed by atoms with van der Waals surface area (Å²) in [7, 11) is 0. The van der Waals surface area contributed by atoms with Crippen LogP contribution in [0.15, 0.2) is 11.6 Å². The molecule has 45 heavy (non-hydrogen) atoms. The molecule has 10 nitrogen and oxygen atoms in total. The lowest BCUT2D eigenvalue weighted by atomic mass is 9.44. The minimum Gasteiger partial charge on any atom is -0.392 e. The van der Waals surface area contributed by atoms with Crippen molar-refractivity contribution in [2.75, 3.05) is 6.61 Å². The predicted octanol–water partition coefficient (Wildman–Crippen LogP) is 2.01. The van der Waals surface area contributed by atoms with E-state index in [1.54, 1.807) is 13.8 Å². The minimum absolute atomic E-state index is 0.0557. The van der Waals surface area contributed by atoms with Crippen molar-refractivity contribution in [2.24, 2.45) is 44.8 Å². The molecule has 8 aliphatic rings. The second-order valence-electron chi connectivity index (χ2n) is 17.9. The SMILES string of the molecule is C[C@@H]1C[C@H]2O[C@]3(O[C@@H]2C(C)(C)O)[C@H]1[C@@]1(C)[C@H](O)C[C@@]24C[C@@]25CC[C@H](O[C@@H]2OC[C@H](O)[C@H](O)[C@H]2O)C(C)(C)[C@H]5CC=C4[C@]1(C)[C@H]3O. The maximum Gasteiger partial charge on any atom is 0.200 e. The standard InChI is InChI=1S/C35H54O10/c1-16-12-18-26(30(4,5)41)45-35(44-18)25(16)32(7)21(37)13-34-15-33(34)11-10-22(43-27-24(39)23(38)17(36)14-42-27)29(2,3)19(33)8-9-20(34)31(32,6)28(35)40/h9,16-19,21-28,36-41H,8,10-15H2,1-7H3/t16-,17+,18-,19-,21-,22+,23+,24-,25-,26+,27+,28-,31-,32-,33-,34+,35+/m1/s1. The molecular weight excluding hydrogens is 580 g/mol. The fourth-order valence-corrected chi connectivity index (χ4v) is 13.2. The second kappa shape index (κ2) is 9.11. The van der Waals surface area contributed by atoms with Gasteiger partial charge in [0.1, 0.15) is 30.5 Å². The molecule has 17 atom stereocenters. The first kappa shape index (κ1) is 31.6. The Labute approximate surface area is 266 Å². The molecule has 254 valence electrons. The Hall–Kier alpha value is -0.660. The third-order valence-electron chi connectivity index (χ3n) is 15.3. The van der Waals surface area contributed by atoms with Crippen LogP contribution in [0.4, 0.5) is 0 Å². The van der Waals surface area contributed by atoms with Crippen LogP contribution in [0.1, 0.15) is 87.0 Å². The summed E-state index contributed by atoms with van der Waals surface area (Å²) in [5.74, 6) is -1.18. The highest BCUT2D eigenvalue weighted by molar-refractivity contribution is 5.49. The summed E-state index contributed by atoms with van der Waals surface area (Å²) in [5.41, 5.74) is -2.00. The molecule has 0 amide bonds. The summed E-state index contributed by atoms with van der Waals surface area (Å²) in [6.07, 6.45) is -0.571. The van der Waals surface area contributed by atoms with Gasteiger partial charge in [0, 0.05) is 22.2 Å². The highest BCUT2D eigenvalue weighted by Gasteiger charge is 2.88. The zero-order valence-corrected chi connectivity index (χ0v) is 27.8. The van der Waals surface area contributed by atoms with Gasteiger partial charge in [-0.2, -0.15) is 0 Å². The van der Waals surface area contributed by atoms with E-state index in [0.29, 0.717) is 12.8 Å². The average Bonchev–Trinajstić information content (AvgIpc) is 3.44. The Balaban J connectivity index is 1.15. The van der Waals surface area contributed by atoms with E-state index < -0.39 is 65.1 Å². The van der Waals surface area contributed by atoms with Gasteiger partial charge in [-0.1, -0.05) is 46.3 Å². The van der Waals surface area contributed by atoms with Crippen LogP contribution in [0, 0.1) is 44.8 Å². The lowest BCUT2D eigenvalue weighted by Gasteiger charge is -2.61. The van der Waals surface area contributed by atoms with Crippen molar-refractivity contribution in [1.82, 2.24) is 0 Å². The summed E-state index contributed by atoms with van der Waals surface area (Å²) in [6, 6.07) is 0. The Kier molecular flexibility index (Phi) is 6.40. The van der Waals surface area contributed by atoms with Crippen LogP contribution in [0.5, 0.6) is 0 Å². The quantitative estimate of drug-likeness (QED) is 0.254. The van der Waals surface area contributed by atoms with Gasteiger partial charge in [-0.05, 0) is 75.0 Å². The van der Waals surface area contributed by atoms with Gasteiger partial charge in [0.2, 0.25) is 0 Å². The number of fused-ring (bicyclic) bond motifs is 4. The lowest BCUT2D eigenvalue weighted by Crippen LogP contribution is -2.61. The molecule has 0 aromatic carbocycles. The number of ether oxygens (including phenoxy) is 4. The molecule has 7 fully saturated rings. The van der Waals surface area contributed by atoms with Gasteiger partial charge in [0.15, 0.2) is 12.1 Å². The highest BCUT2D eigenvalue weighted by Crippen LogP contribution is 2.89. The first-order chi connectivity index (χ1) is 20.8. The Morgan fingerprint density at radius 2 is 1.71 bits per heavy atom. The minimum atomic E-state index is -1.33. The number of aliphatic hydroxyl groups excluding tert-OH is 5. The maximum atomic E-state index is 12.6. The highest BCUT2D eigenvalue weighted by atomic mass is 16.8. The molecule has 4 saturated carbocycles. The van der Waals surface area contributed by atoms with Crippen molar-refractivity contribution in [2.45, 2.75) is 154 Å². The molecule has 0 aromatic heterocycles. The van der Waals surface area contributed by atoms with Crippen LogP contribution >= 0.6 is 0 Å². The van der Waals surface area contributed by atoms with E-state index >= 15 is 0 Å². The van der Waals surface area contributed by atoms with Gasteiger partial charge in [0.05, 0.1) is 30.5 Å². The fourth-order valence-electron chi connectivity index (χ4n) is 13.2. The first-order valence-corrected chi connectivity index (χ1v) is 17.3. The maximum absolute atomic E-state index is 12.6. The van der Waals surface area contributed by atoms with Crippen LogP contribution in [0.2, 0.25) is 0 Å². The molecule has 0 unspecified atom stereocenters. The van der Waals surface area contributed by atoms with Gasteiger partial charge in [-0.15, -0.1) is 0 Å². The van der Waals surface area contributed by atoms with Crippen LogP contribution in [0.25, 0.3) is 0 Å². The summed E-state index contributed by atoms with van der Waals surface area (Å²) in [4.78, 5) is 0. The van der Waals surface area contributed by atoms with Crippen molar-refractivity contribution in [3.63, 3.8) is 0 Å². The molecule has 3 heterocycles. The molecule has 3 spiro atoms. The van der Waals surface area contributed by atoms with E-state index in [4.69, 9.17) is 18.9 Å². The normalized spacial score (nSPS) is 61.0. The molecule has 5 aliphatic carbocycles. The van der Waals surface area contributed by atoms with Crippen LogP contribution < -0.4 is 0 Å². The number of aliphatic hydroxyl groups is 6. The van der Waals surface area contributed by atoms with Crippen molar-refractivity contribution < 1.29 is 49.6 Å². The summed E-state index contributed by atoms with van der Waals surface area (Å²) in [5, 5.41) is 66.9. The zero-order valence-electron chi connectivity index (χ0n) is 27.8. The molecule has 2 bridgehead atoms. The molecule has 3 saturated heterocycles. The van der Waals surface area contributed by atoms with Gasteiger partial charge < -0.3 is 49.6 Å². The van der Waals surface area contributed by atoms with E-state index in [9.17, 15) is 30.6 Å². The summed E-state index contributed by atoms with van der Waals surface area (Å²) >= 11 is 0. The van der Waals surface area contributed by atoms with Gasteiger partial charge >= 0.3 is 0 Å². The monoisotopic (exact) mass is 634 g/mol. The smallest absolute Gasteiger partial charge is 0.200 e. The van der Waals surface area contributed by atoms with Crippen molar-refractivity contribution >= 4 is 0 Å². The molecule has 0 radical (unpaired) electrons. The predicted molar refractivity (Wildman–Crippen MR) is 160 cm³/mol. The van der Waals surface area contributed by atoms with Gasteiger partial charge in [-0.25, -0.2) is 0 Å². The topological polar surface area (TPSA) is 158 Å². The third kappa shape index (κ3) is 3.46. The summed E-state index contributed by atoms with van der Waals surface area (Å²) in [6.45, 7) is 14.3. The van der Waals surface area contributed by atoms with Crippen LogP contribution in [-0.4, -0.2) is 104 Å². The van der Waals surface area contributed by atoms with E-state index in [-0.39, 0.29) is 52.8 Å². The van der Waals surface area contributed by atoms with E-state index in [1.165, 1.54) is 5.57 Å². The fraction of sp³-hybridized carbons (Fsp3) is 0.943.